The second kappa shape index (κ2) is 11.3. The van der Waals surface area contributed by atoms with Gasteiger partial charge in [0.15, 0.2) is 5.82 Å². The molecule has 10 heteroatoms. The average molecular weight is 546 g/mol. The van der Waals surface area contributed by atoms with Crippen LogP contribution in [0.2, 0.25) is 0 Å². The third-order valence-corrected chi connectivity index (χ3v) is 7.23. The number of aromatic hydroxyl groups is 1. The molecule has 0 spiro atoms. The molecule has 0 bridgehead atoms. The van der Waals surface area contributed by atoms with E-state index >= 15 is 0 Å². The number of primary amides is 1. The monoisotopic (exact) mass is 545 g/mol. The number of benzene rings is 2. The van der Waals surface area contributed by atoms with Crippen LogP contribution in [-0.2, 0) is 4.79 Å². The van der Waals surface area contributed by atoms with Gasteiger partial charge in [-0.05, 0) is 60.2 Å². The molecule has 2 aromatic carbocycles. The first-order chi connectivity index (χ1) is 18.0. The van der Waals surface area contributed by atoms with E-state index in [2.05, 4.69) is 16.4 Å². The molecule has 38 heavy (non-hydrogen) atoms. The van der Waals surface area contributed by atoms with Gasteiger partial charge in [0.2, 0.25) is 5.91 Å². The number of nitrogens with one attached hydrogen (secondary N) is 1. The van der Waals surface area contributed by atoms with Gasteiger partial charge >= 0.3 is 0 Å². The SMILES string of the molecule is Cl.N#Cc1c(-c2cccc(N3CCC[C@H]3C(N)=O)c2)cc(-c2ccccc2O)nc1NC(=O)c1cccs1. The summed E-state index contributed by atoms with van der Waals surface area (Å²) in [5, 5.41) is 25.2. The van der Waals surface area contributed by atoms with E-state index in [4.69, 9.17) is 5.73 Å². The van der Waals surface area contributed by atoms with Crippen molar-refractivity contribution in [3.63, 3.8) is 0 Å². The van der Waals surface area contributed by atoms with Crippen LogP contribution in [0.4, 0.5) is 11.5 Å². The van der Waals surface area contributed by atoms with Crippen LogP contribution in [0.15, 0.2) is 72.1 Å². The number of phenols is 1. The Morgan fingerprint density at radius 3 is 2.63 bits per heavy atom. The smallest absolute Gasteiger partial charge is 0.266 e. The van der Waals surface area contributed by atoms with Crippen LogP contribution < -0.4 is 16.0 Å². The molecule has 1 fully saturated rings. The number of thiophene rings is 1. The Bertz CT molecular complexity index is 1530. The summed E-state index contributed by atoms with van der Waals surface area (Å²) < 4.78 is 0. The minimum absolute atomic E-state index is 0. The van der Waals surface area contributed by atoms with Crippen LogP contribution in [0.1, 0.15) is 28.1 Å². The van der Waals surface area contributed by atoms with Crippen molar-refractivity contribution in [1.29, 1.82) is 5.26 Å². The van der Waals surface area contributed by atoms with Crippen molar-refractivity contribution in [2.24, 2.45) is 5.73 Å². The summed E-state index contributed by atoms with van der Waals surface area (Å²) in [5.41, 5.74) is 8.73. The van der Waals surface area contributed by atoms with Gasteiger partial charge in [-0.3, -0.25) is 9.59 Å². The number of rotatable bonds is 6. The molecule has 4 aromatic rings. The maximum atomic E-state index is 12.9. The Morgan fingerprint density at radius 1 is 1.11 bits per heavy atom. The summed E-state index contributed by atoms with van der Waals surface area (Å²) in [6, 6.07) is 21.3. The summed E-state index contributed by atoms with van der Waals surface area (Å²) in [5.74, 6) is -0.631. The summed E-state index contributed by atoms with van der Waals surface area (Å²) in [7, 11) is 0. The maximum absolute atomic E-state index is 12.9. The first-order valence-electron chi connectivity index (χ1n) is 11.7. The summed E-state index contributed by atoms with van der Waals surface area (Å²) >= 11 is 1.28. The third-order valence-electron chi connectivity index (χ3n) is 6.36. The van der Waals surface area contributed by atoms with Crippen LogP contribution in [0, 0.1) is 11.3 Å². The number of nitriles is 1. The number of carbonyl (C=O) groups excluding carboxylic acids is 2. The number of nitrogens with zero attached hydrogens (tertiary/aromatic N) is 3. The van der Waals surface area contributed by atoms with Crippen LogP contribution in [-0.4, -0.2) is 34.5 Å². The number of halogens is 1. The number of pyridine rings is 1. The normalized spacial score (nSPS) is 14.4. The number of carbonyl (C=O) groups is 2. The van der Waals surface area contributed by atoms with E-state index in [0.29, 0.717) is 40.2 Å². The van der Waals surface area contributed by atoms with Gasteiger partial charge in [0.25, 0.3) is 5.91 Å². The second-order valence-electron chi connectivity index (χ2n) is 8.64. The molecule has 2 aromatic heterocycles. The number of hydrogen-bond acceptors (Lipinski definition) is 7. The minimum atomic E-state index is -0.388. The molecule has 3 heterocycles. The zero-order valence-corrected chi connectivity index (χ0v) is 21.8. The van der Waals surface area contributed by atoms with Crippen molar-refractivity contribution in [1.82, 2.24) is 4.98 Å². The molecular weight excluding hydrogens is 522 g/mol. The van der Waals surface area contributed by atoms with Gasteiger partial charge in [0.1, 0.15) is 23.4 Å². The van der Waals surface area contributed by atoms with Gasteiger partial charge in [0, 0.05) is 23.4 Å². The summed E-state index contributed by atoms with van der Waals surface area (Å²) in [6.07, 6.45) is 1.54. The van der Waals surface area contributed by atoms with Crippen molar-refractivity contribution in [3.05, 3.63) is 82.6 Å². The van der Waals surface area contributed by atoms with E-state index in [9.17, 15) is 20.0 Å². The van der Waals surface area contributed by atoms with Crippen LogP contribution in [0.3, 0.4) is 0 Å². The fraction of sp³-hybridized carbons (Fsp3) is 0.143. The van der Waals surface area contributed by atoms with Crippen LogP contribution >= 0.6 is 23.7 Å². The van der Waals surface area contributed by atoms with Gasteiger partial charge in [-0.2, -0.15) is 5.26 Å². The Labute approximate surface area is 229 Å². The number of anilines is 2. The number of para-hydroxylation sites is 1. The largest absolute Gasteiger partial charge is 0.507 e. The number of nitrogens with two attached hydrogens (primary N) is 1. The lowest BCUT2D eigenvalue weighted by Gasteiger charge is -2.25. The fourth-order valence-electron chi connectivity index (χ4n) is 4.61. The third kappa shape index (κ3) is 5.18. The molecule has 0 aliphatic carbocycles. The maximum Gasteiger partial charge on any atom is 0.266 e. The number of amides is 2. The average Bonchev–Trinajstić information content (AvgIpc) is 3.62. The lowest BCUT2D eigenvalue weighted by Crippen LogP contribution is -2.40. The standard InChI is InChI=1S/C28H23N5O3S.ClH/c29-16-21-20(17-6-3-7-18(14-17)33-12-4-9-23(33)26(30)35)15-22(19-8-1-2-10-24(19)34)31-27(21)32-28(36)25-11-5-13-37-25;/h1-3,5-8,10-11,13-15,23,34H,4,9,12H2,(H2,30,35)(H,31,32,36);1H/t23-;/m0./s1. The molecule has 0 radical (unpaired) electrons. The van der Waals surface area contributed by atoms with Gasteiger partial charge in [-0.15, -0.1) is 23.7 Å². The number of phenolic OH excluding ortho intramolecular Hbond substituents is 1. The minimum Gasteiger partial charge on any atom is -0.507 e. The van der Waals surface area contributed by atoms with Gasteiger partial charge < -0.3 is 21.1 Å². The van der Waals surface area contributed by atoms with E-state index in [1.807, 2.05) is 29.2 Å². The number of hydrogen-bond donors (Lipinski definition) is 3. The van der Waals surface area contributed by atoms with Gasteiger partial charge in [-0.1, -0.05) is 30.3 Å². The lowest BCUT2D eigenvalue weighted by molar-refractivity contribution is -0.119. The van der Waals surface area contributed by atoms with Crippen LogP contribution in [0.25, 0.3) is 22.4 Å². The van der Waals surface area contributed by atoms with E-state index in [-0.39, 0.29) is 47.4 Å². The van der Waals surface area contributed by atoms with E-state index < -0.39 is 0 Å². The molecule has 5 rings (SSSR count). The Kier molecular flexibility index (Phi) is 7.96. The Morgan fingerprint density at radius 2 is 1.92 bits per heavy atom. The zero-order valence-electron chi connectivity index (χ0n) is 20.1. The zero-order chi connectivity index (χ0) is 25.9. The first-order valence-corrected chi connectivity index (χ1v) is 12.6. The molecule has 2 amide bonds. The Balaban J connectivity index is 0.00000336. The molecule has 1 saturated heterocycles. The summed E-state index contributed by atoms with van der Waals surface area (Å²) in [4.78, 5) is 31.9. The first kappa shape index (κ1) is 26.7. The van der Waals surface area contributed by atoms with E-state index in [1.165, 1.54) is 11.3 Å². The van der Waals surface area contributed by atoms with Gasteiger partial charge in [0.05, 0.1) is 10.6 Å². The molecule has 8 nitrogen and oxygen atoms in total. The van der Waals surface area contributed by atoms with Crippen LogP contribution in [0.5, 0.6) is 5.75 Å². The molecule has 4 N–H and O–H groups in total. The second-order valence-corrected chi connectivity index (χ2v) is 9.59. The van der Waals surface area contributed by atoms with Crippen molar-refractivity contribution in [2.75, 3.05) is 16.8 Å². The molecule has 1 aliphatic heterocycles. The highest BCUT2D eigenvalue weighted by Gasteiger charge is 2.29. The topological polar surface area (TPSA) is 132 Å². The summed E-state index contributed by atoms with van der Waals surface area (Å²) in [6.45, 7) is 0.698. The van der Waals surface area contributed by atoms with E-state index in [0.717, 1.165) is 12.1 Å². The van der Waals surface area contributed by atoms with Crippen molar-refractivity contribution >= 4 is 47.1 Å². The fourth-order valence-corrected chi connectivity index (χ4v) is 5.22. The molecular formula is C28H24ClN5O3S. The highest BCUT2D eigenvalue weighted by atomic mass is 35.5. The molecule has 1 aliphatic rings. The van der Waals surface area contributed by atoms with Crippen molar-refractivity contribution in [2.45, 2.75) is 18.9 Å². The number of aromatic nitrogens is 1. The predicted molar refractivity (Wildman–Crippen MR) is 151 cm³/mol. The predicted octanol–water partition coefficient (Wildman–Crippen LogP) is 5.18. The molecule has 1 atom stereocenters. The highest BCUT2D eigenvalue weighted by Crippen LogP contribution is 2.37. The molecule has 0 unspecified atom stereocenters. The molecule has 192 valence electrons. The highest BCUT2D eigenvalue weighted by molar-refractivity contribution is 7.12. The van der Waals surface area contributed by atoms with Crippen molar-refractivity contribution < 1.29 is 14.7 Å². The van der Waals surface area contributed by atoms with Crippen molar-refractivity contribution in [3.8, 4) is 34.2 Å². The van der Waals surface area contributed by atoms with E-state index in [1.54, 1.807) is 47.8 Å². The lowest BCUT2D eigenvalue weighted by atomic mass is 9.97. The quantitative estimate of drug-likeness (QED) is 0.306. The molecule has 0 saturated carbocycles. The Hall–Kier alpha value is -4.39. The van der Waals surface area contributed by atoms with Gasteiger partial charge in [-0.25, -0.2) is 4.98 Å².